The number of nitrogens with zero attached hydrogens (tertiary/aromatic N) is 1. The molecule has 0 saturated heterocycles. The molecule has 0 aromatic heterocycles. The van der Waals surface area contributed by atoms with Gasteiger partial charge in [0.1, 0.15) is 12.3 Å². The average molecular weight is 279 g/mol. The molecule has 2 aromatic rings. The van der Waals surface area contributed by atoms with Crippen LogP contribution in [-0.4, -0.2) is 16.9 Å². The molecule has 1 N–H and O–H groups in total. The maximum atomic E-state index is 9.83. The van der Waals surface area contributed by atoms with E-state index in [1.165, 1.54) is 0 Å². The lowest BCUT2D eigenvalue weighted by Crippen LogP contribution is -2.21. The molecule has 0 saturated carbocycles. The van der Waals surface area contributed by atoms with Crippen molar-refractivity contribution in [1.82, 2.24) is 0 Å². The Balaban J connectivity index is 2.02. The standard InChI is InChI=1S/C18H17NO2/c1-2-18(20)17(13-15-9-5-3-6-10-15)19-21-14-16-11-7-4-8-12-16/h1,3-12,18,20H,13-14H2. The molecule has 1 unspecified atom stereocenters. The van der Waals surface area contributed by atoms with Crippen molar-refractivity contribution in [3.63, 3.8) is 0 Å². The molecule has 0 amide bonds. The van der Waals surface area contributed by atoms with Crippen molar-refractivity contribution in [3.05, 3.63) is 71.8 Å². The van der Waals surface area contributed by atoms with Crippen LogP contribution >= 0.6 is 0 Å². The fraction of sp³-hybridized carbons (Fsp3) is 0.167. The Morgan fingerprint density at radius 3 is 2.19 bits per heavy atom. The zero-order valence-corrected chi connectivity index (χ0v) is 11.6. The van der Waals surface area contributed by atoms with Gasteiger partial charge in [-0.1, -0.05) is 71.7 Å². The minimum atomic E-state index is -1.04. The minimum absolute atomic E-state index is 0.344. The molecule has 0 aliphatic carbocycles. The highest BCUT2D eigenvalue weighted by molar-refractivity contribution is 5.92. The molecule has 0 bridgehead atoms. The Kier molecular flexibility index (Phi) is 5.57. The molecule has 3 heteroatoms. The fourth-order valence-corrected chi connectivity index (χ4v) is 1.84. The molecular weight excluding hydrogens is 262 g/mol. The molecule has 0 heterocycles. The van der Waals surface area contributed by atoms with E-state index in [0.29, 0.717) is 18.7 Å². The van der Waals surface area contributed by atoms with E-state index in [1.54, 1.807) is 0 Å². The Morgan fingerprint density at radius 2 is 1.62 bits per heavy atom. The van der Waals surface area contributed by atoms with Crippen molar-refractivity contribution >= 4 is 5.71 Å². The van der Waals surface area contributed by atoms with E-state index in [-0.39, 0.29) is 0 Å². The summed E-state index contributed by atoms with van der Waals surface area (Å²) in [4.78, 5) is 5.31. The minimum Gasteiger partial charge on any atom is -0.391 e. The van der Waals surface area contributed by atoms with Crippen LogP contribution in [0.2, 0.25) is 0 Å². The summed E-state index contributed by atoms with van der Waals surface area (Å²) in [5, 5.41) is 13.8. The molecule has 0 spiro atoms. The van der Waals surface area contributed by atoms with Gasteiger partial charge in [-0.15, -0.1) is 6.42 Å². The van der Waals surface area contributed by atoms with Gasteiger partial charge in [0.15, 0.2) is 6.10 Å². The monoisotopic (exact) mass is 279 g/mol. The van der Waals surface area contributed by atoms with Crippen molar-refractivity contribution in [1.29, 1.82) is 0 Å². The number of aliphatic hydroxyl groups is 1. The predicted molar refractivity (Wildman–Crippen MR) is 83.7 cm³/mol. The highest BCUT2D eigenvalue weighted by atomic mass is 16.6. The second-order valence-corrected chi connectivity index (χ2v) is 4.57. The first-order chi connectivity index (χ1) is 10.3. The third-order valence-corrected chi connectivity index (χ3v) is 2.96. The van der Waals surface area contributed by atoms with E-state index in [9.17, 15) is 5.11 Å². The normalized spacial score (nSPS) is 12.5. The van der Waals surface area contributed by atoms with Crippen LogP contribution in [0.5, 0.6) is 0 Å². The number of aliphatic hydroxyl groups excluding tert-OH is 1. The van der Waals surface area contributed by atoms with Crippen LogP contribution in [0.4, 0.5) is 0 Å². The summed E-state index contributed by atoms with van der Waals surface area (Å²) in [5.74, 6) is 2.28. The molecule has 0 radical (unpaired) electrons. The van der Waals surface area contributed by atoms with Crippen molar-refractivity contribution in [2.75, 3.05) is 0 Å². The highest BCUT2D eigenvalue weighted by Gasteiger charge is 2.11. The van der Waals surface area contributed by atoms with Crippen LogP contribution in [0.1, 0.15) is 11.1 Å². The summed E-state index contributed by atoms with van der Waals surface area (Å²) in [5.41, 5.74) is 2.46. The Morgan fingerprint density at radius 1 is 1.05 bits per heavy atom. The number of hydrogen-bond donors (Lipinski definition) is 1. The van der Waals surface area contributed by atoms with Crippen molar-refractivity contribution < 1.29 is 9.94 Å². The lowest BCUT2D eigenvalue weighted by atomic mass is 10.1. The van der Waals surface area contributed by atoms with Gasteiger partial charge in [0.05, 0.1) is 0 Å². The lowest BCUT2D eigenvalue weighted by Gasteiger charge is -2.09. The quantitative estimate of drug-likeness (QED) is 0.502. The van der Waals surface area contributed by atoms with Gasteiger partial charge in [-0.05, 0) is 11.1 Å². The Labute approximate surface area is 124 Å². The van der Waals surface area contributed by atoms with Gasteiger partial charge >= 0.3 is 0 Å². The molecule has 21 heavy (non-hydrogen) atoms. The van der Waals surface area contributed by atoms with E-state index >= 15 is 0 Å². The first-order valence-corrected chi connectivity index (χ1v) is 6.70. The van der Waals surface area contributed by atoms with Gasteiger partial charge in [-0.25, -0.2) is 0 Å². The molecule has 0 fully saturated rings. The van der Waals surface area contributed by atoms with E-state index in [4.69, 9.17) is 11.3 Å². The second kappa shape index (κ2) is 7.88. The fourth-order valence-electron chi connectivity index (χ4n) is 1.84. The topological polar surface area (TPSA) is 41.8 Å². The van der Waals surface area contributed by atoms with E-state index in [0.717, 1.165) is 11.1 Å². The molecule has 0 aliphatic rings. The number of oxime groups is 1. The summed E-state index contributed by atoms with van der Waals surface area (Å²) in [6.45, 7) is 0.344. The van der Waals surface area contributed by atoms with Gasteiger partial charge in [-0.3, -0.25) is 0 Å². The number of rotatable bonds is 6. The maximum absolute atomic E-state index is 9.83. The molecule has 106 valence electrons. The summed E-state index contributed by atoms with van der Waals surface area (Å²) >= 11 is 0. The molecule has 2 aromatic carbocycles. The average Bonchev–Trinajstić information content (AvgIpc) is 2.55. The zero-order chi connectivity index (χ0) is 14.9. The van der Waals surface area contributed by atoms with Gasteiger partial charge in [0, 0.05) is 6.42 Å². The third kappa shape index (κ3) is 4.79. The largest absolute Gasteiger partial charge is 0.391 e. The van der Waals surface area contributed by atoms with Crippen molar-refractivity contribution in [2.45, 2.75) is 19.1 Å². The summed E-state index contributed by atoms with van der Waals surface area (Å²) in [7, 11) is 0. The molecular formula is C18H17NO2. The summed E-state index contributed by atoms with van der Waals surface area (Å²) < 4.78 is 0. The lowest BCUT2D eigenvalue weighted by molar-refractivity contribution is 0.126. The summed E-state index contributed by atoms with van der Waals surface area (Å²) in [6, 6.07) is 19.4. The van der Waals surface area contributed by atoms with Crippen LogP contribution < -0.4 is 0 Å². The molecule has 2 rings (SSSR count). The van der Waals surface area contributed by atoms with E-state index < -0.39 is 6.10 Å². The Hall–Kier alpha value is -2.57. The van der Waals surface area contributed by atoms with E-state index in [1.807, 2.05) is 60.7 Å². The maximum Gasteiger partial charge on any atom is 0.156 e. The smallest absolute Gasteiger partial charge is 0.156 e. The first kappa shape index (κ1) is 14.8. The highest BCUT2D eigenvalue weighted by Crippen LogP contribution is 2.06. The van der Waals surface area contributed by atoms with Crippen LogP contribution in [0.15, 0.2) is 65.8 Å². The van der Waals surface area contributed by atoms with Crippen LogP contribution in [0.3, 0.4) is 0 Å². The Bertz CT molecular complexity index is 615. The number of benzene rings is 2. The van der Waals surface area contributed by atoms with Crippen molar-refractivity contribution in [2.24, 2.45) is 5.16 Å². The molecule has 3 nitrogen and oxygen atoms in total. The SMILES string of the molecule is C#CC(O)C(Cc1ccccc1)=NOCc1ccccc1. The number of hydrogen-bond acceptors (Lipinski definition) is 3. The van der Waals surface area contributed by atoms with E-state index in [2.05, 4.69) is 11.1 Å². The summed E-state index contributed by atoms with van der Waals surface area (Å²) in [6.07, 6.45) is 4.69. The van der Waals surface area contributed by atoms with Crippen LogP contribution in [0.25, 0.3) is 0 Å². The predicted octanol–water partition coefficient (Wildman–Crippen LogP) is 2.80. The van der Waals surface area contributed by atoms with Gasteiger partial charge in [0.25, 0.3) is 0 Å². The van der Waals surface area contributed by atoms with Gasteiger partial charge in [-0.2, -0.15) is 0 Å². The zero-order valence-electron chi connectivity index (χ0n) is 11.6. The van der Waals surface area contributed by atoms with Crippen LogP contribution in [0, 0.1) is 12.3 Å². The van der Waals surface area contributed by atoms with Gasteiger partial charge in [0.2, 0.25) is 0 Å². The molecule has 0 aliphatic heterocycles. The second-order valence-electron chi connectivity index (χ2n) is 4.57. The first-order valence-electron chi connectivity index (χ1n) is 6.70. The third-order valence-electron chi connectivity index (χ3n) is 2.96. The molecule has 1 atom stereocenters. The number of terminal acetylenes is 1. The van der Waals surface area contributed by atoms with Gasteiger partial charge < -0.3 is 9.94 Å². The van der Waals surface area contributed by atoms with Crippen molar-refractivity contribution in [3.8, 4) is 12.3 Å². The van der Waals surface area contributed by atoms with Crippen LogP contribution in [-0.2, 0) is 17.9 Å².